The molecule has 0 bridgehead atoms. The molecule has 2 aromatic heterocycles. The van der Waals surface area contributed by atoms with Crippen LogP contribution < -0.4 is 5.32 Å². The number of amidine groups is 1. The normalized spacial score (nSPS) is 14.6. The zero-order valence-electron chi connectivity index (χ0n) is 27.0. The van der Waals surface area contributed by atoms with Gasteiger partial charge >= 0.3 is 0 Å². The molecule has 5 heteroatoms. The molecule has 50 heavy (non-hydrogen) atoms. The van der Waals surface area contributed by atoms with Gasteiger partial charge in [0.2, 0.25) is 5.96 Å². The molecular weight excluding hydrogens is 613 g/mol. The maximum Gasteiger partial charge on any atom is 0.211 e. The van der Waals surface area contributed by atoms with Crippen molar-refractivity contribution in [1.82, 2.24) is 9.88 Å². The van der Waals surface area contributed by atoms with Crippen molar-refractivity contribution in [3.05, 3.63) is 181 Å². The average molecular weight is 643 g/mol. The maximum absolute atomic E-state index is 6.63. The molecule has 7 aromatic carbocycles. The second-order valence-electron chi connectivity index (χ2n) is 12.6. The van der Waals surface area contributed by atoms with E-state index in [1.165, 1.54) is 21.9 Å². The molecule has 0 radical (unpaired) electrons. The predicted molar refractivity (Wildman–Crippen MR) is 206 cm³/mol. The van der Waals surface area contributed by atoms with Crippen molar-refractivity contribution in [3.63, 3.8) is 0 Å². The van der Waals surface area contributed by atoms with Gasteiger partial charge in [0, 0.05) is 38.2 Å². The number of nitrogens with zero attached hydrogens (tertiary/aromatic N) is 3. The van der Waals surface area contributed by atoms with Gasteiger partial charge in [-0.15, -0.1) is 0 Å². The molecule has 0 aliphatic carbocycles. The monoisotopic (exact) mass is 642 g/mol. The Morgan fingerprint density at radius 1 is 0.520 bits per heavy atom. The van der Waals surface area contributed by atoms with E-state index in [-0.39, 0.29) is 0 Å². The first kappa shape index (κ1) is 28.3. The van der Waals surface area contributed by atoms with Crippen molar-refractivity contribution in [1.29, 1.82) is 0 Å². The topological polar surface area (TPSA) is 54.8 Å². The van der Waals surface area contributed by atoms with Crippen molar-refractivity contribution >= 4 is 55.5 Å². The zero-order chi connectivity index (χ0) is 33.0. The van der Waals surface area contributed by atoms with Crippen LogP contribution in [0.1, 0.15) is 17.3 Å². The number of aliphatic imine (C=N–C) groups is 2. The van der Waals surface area contributed by atoms with E-state index in [0.29, 0.717) is 5.84 Å². The third kappa shape index (κ3) is 4.55. The summed E-state index contributed by atoms with van der Waals surface area (Å²) in [6.07, 6.45) is -0.428. The van der Waals surface area contributed by atoms with Crippen LogP contribution in [0.15, 0.2) is 184 Å². The van der Waals surface area contributed by atoms with Crippen molar-refractivity contribution in [2.75, 3.05) is 0 Å². The van der Waals surface area contributed by atoms with Crippen LogP contribution in [0.4, 0.5) is 0 Å². The highest BCUT2D eigenvalue weighted by atomic mass is 16.3. The Bertz CT molecular complexity index is 2780. The Balaban J connectivity index is 1.18. The van der Waals surface area contributed by atoms with Gasteiger partial charge in [-0.05, 0) is 41.0 Å². The Kier molecular flexibility index (Phi) is 6.49. The van der Waals surface area contributed by atoms with E-state index in [9.17, 15) is 0 Å². The lowest BCUT2D eigenvalue weighted by molar-refractivity contribution is 0.657. The minimum atomic E-state index is -0.428. The van der Waals surface area contributed by atoms with E-state index in [4.69, 9.17) is 14.4 Å². The summed E-state index contributed by atoms with van der Waals surface area (Å²) in [6.45, 7) is 0. The van der Waals surface area contributed by atoms with Gasteiger partial charge in [-0.1, -0.05) is 146 Å². The molecule has 0 saturated carbocycles. The number of furan rings is 1. The summed E-state index contributed by atoms with van der Waals surface area (Å²) >= 11 is 0. The van der Waals surface area contributed by atoms with Gasteiger partial charge in [-0.3, -0.25) is 4.57 Å². The van der Waals surface area contributed by atoms with Crippen LogP contribution in [0.25, 0.3) is 66.0 Å². The quantitative estimate of drug-likeness (QED) is 0.208. The number of para-hydroxylation sites is 2. The molecule has 0 saturated heterocycles. The molecule has 0 spiro atoms. The summed E-state index contributed by atoms with van der Waals surface area (Å²) in [5, 5.41) is 8.22. The zero-order valence-corrected chi connectivity index (χ0v) is 27.0. The summed E-state index contributed by atoms with van der Waals surface area (Å²) < 4.78 is 8.87. The fraction of sp³-hybridized carbons (Fsp3) is 0.0222. The highest BCUT2D eigenvalue weighted by molar-refractivity contribution is 6.18. The summed E-state index contributed by atoms with van der Waals surface area (Å²) in [5.41, 5.74) is 10.4. The minimum Gasteiger partial charge on any atom is -0.455 e. The number of fused-ring (bicyclic) bond motifs is 6. The van der Waals surface area contributed by atoms with Crippen LogP contribution >= 0.6 is 0 Å². The first-order valence-electron chi connectivity index (χ1n) is 16.9. The first-order chi connectivity index (χ1) is 24.8. The number of hydrogen-bond acceptors (Lipinski definition) is 4. The van der Waals surface area contributed by atoms with Crippen LogP contribution in [0, 0.1) is 0 Å². The van der Waals surface area contributed by atoms with Crippen molar-refractivity contribution in [2.24, 2.45) is 9.98 Å². The lowest BCUT2D eigenvalue weighted by Crippen LogP contribution is -2.37. The Morgan fingerprint density at radius 3 is 1.98 bits per heavy atom. The molecule has 1 unspecified atom stereocenters. The predicted octanol–water partition coefficient (Wildman–Crippen LogP) is 11.0. The summed E-state index contributed by atoms with van der Waals surface area (Å²) in [7, 11) is 0. The molecule has 236 valence electrons. The highest BCUT2D eigenvalue weighted by Crippen LogP contribution is 2.40. The van der Waals surface area contributed by atoms with Gasteiger partial charge in [-0.2, -0.15) is 4.99 Å². The van der Waals surface area contributed by atoms with Gasteiger partial charge in [0.1, 0.15) is 17.3 Å². The minimum absolute atomic E-state index is 0.428. The summed E-state index contributed by atoms with van der Waals surface area (Å²) in [4.78, 5) is 10.5. The van der Waals surface area contributed by atoms with E-state index in [0.717, 1.165) is 61.2 Å². The standard InChI is InChI=1S/C45H30N4O/c1-4-14-29(15-5-1)32-26-27-39-37(28-32)34-20-10-11-24-38(34)49(39)45-47-43(31-18-8-3-9-19-31)46-44(48-45)36-23-13-25-40-41(36)35-22-12-21-33(42(35)50-40)30-16-6-2-7-17-30/h1-28,44H,(H,46,47,48). The van der Waals surface area contributed by atoms with Crippen LogP contribution in [0.2, 0.25) is 0 Å². The SMILES string of the molecule is c1ccc(C2=NC(c3cccc4oc5c(-c6ccccc6)cccc5c34)NC(n3c4ccccc4c4cc(-c5ccccc5)ccc43)=N2)cc1. The lowest BCUT2D eigenvalue weighted by Gasteiger charge is -2.25. The number of aromatic nitrogens is 1. The highest BCUT2D eigenvalue weighted by Gasteiger charge is 2.27. The molecule has 1 aliphatic rings. The van der Waals surface area contributed by atoms with Gasteiger partial charge in [0.25, 0.3) is 0 Å². The smallest absolute Gasteiger partial charge is 0.211 e. The first-order valence-corrected chi connectivity index (χ1v) is 16.9. The van der Waals surface area contributed by atoms with E-state index < -0.39 is 6.17 Å². The molecule has 9 aromatic rings. The molecule has 10 rings (SSSR count). The van der Waals surface area contributed by atoms with Crippen molar-refractivity contribution in [2.45, 2.75) is 6.17 Å². The van der Waals surface area contributed by atoms with Gasteiger partial charge in [0.15, 0.2) is 5.84 Å². The van der Waals surface area contributed by atoms with Gasteiger partial charge < -0.3 is 9.73 Å². The molecule has 3 heterocycles. The third-order valence-corrected chi connectivity index (χ3v) is 9.69. The molecule has 1 atom stereocenters. The van der Waals surface area contributed by atoms with Crippen LogP contribution in [-0.4, -0.2) is 16.4 Å². The number of rotatable bonds is 4. The fourth-order valence-electron chi connectivity index (χ4n) is 7.39. The van der Waals surface area contributed by atoms with Crippen molar-refractivity contribution < 1.29 is 4.42 Å². The second kappa shape index (κ2) is 11.5. The third-order valence-electron chi connectivity index (χ3n) is 9.69. The van der Waals surface area contributed by atoms with Gasteiger partial charge in [-0.25, -0.2) is 4.99 Å². The van der Waals surface area contributed by atoms with Crippen molar-refractivity contribution in [3.8, 4) is 22.3 Å². The molecule has 0 fully saturated rings. The number of hydrogen-bond donors (Lipinski definition) is 1. The van der Waals surface area contributed by atoms with E-state index in [1.54, 1.807) is 0 Å². The molecule has 1 aliphatic heterocycles. The van der Waals surface area contributed by atoms with Crippen LogP contribution in [0.5, 0.6) is 0 Å². The van der Waals surface area contributed by atoms with Gasteiger partial charge in [0.05, 0.1) is 11.0 Å². The molecule has 5 nitrogen and oxygen atoms in total. The molecular formula is C45H30N4O. The fourth-order valence-corrected chi connectivity index (χ4v) is 7.39. The number of nitrogens with one attached hydrogen (secondary N) is 1. The number of benzene rings is 7. The molecule has 1 N–H and O–H groups in total. The Labute approximate surface area is 288 Å². The summed E-state index contributed by atoms with van der Waals surface area (Å²) in [6, 6.07) is 59.0. The van der Waals surface area contributed by atoms with Crippen LogP contribution in [-0.2, 0) is 0 Å². The van der Waals surface area contributed by atoms with E-state index >= 15 is 0 Å². The Morgan fingerprint density at radius 2 is 1.18 bits per heavy atom. The maximum atomic E-state index is 6.63. The summed E-state index contributed by atoms with van der Waals surface area (Å²) in [5.74, 6) is 1.39. The molecule has 0 amide bonds. The van der Waals surface area contributed by atoms with Crippen LogP contribution in [0.3, 0.4) is 0 Å². The largest absolute Gasteiger partial charge is 0.455 e. The average Bonchev–Trinajstić information content (AvgIpc) is 3.74. The second-order valence-corrected chi connectivity index (χ2v) is 12.6. The van der Waals surface area contributed by atoms with E-state index in [2.05, 4.69) is 149 Å². The van der Waals surface area contributed by atoms with E-state index in [1.807, 2.05) is 30.3 Å². The Hall–Kier alpha value is -6.72. The lowest BCUT2D eigenvalue weighted by atomic mass is 9.99.